The van der Waals surface area contributed by atoms with Crippen LogP contribution in [0.25, 0.3) is 0 Å². The van der Waals surface area contributed by atoms with Crippen molar-refractivity contribution in [1.82, 2.24) is 19.4 Å². The van der Waals surface area contributed by atoms with Gasteiger partial charge in [0.25, 0.3) is 0 Å². The highest BCUT2D eigenvalue weighted by Gasteiger charge is 2.32. The number of nitrogens with zero attached hydrogens (tertiary/aromatic N) is 3. The molecule has 3 amide bonds. The van der Waals surface area contributed by atoms with Crippen molar-refractivity contribution in [1.29, 1.82) is 0 Å². The topological polar surface area (TPSA) is 99.3 Å². The number of nitrogens with one attached hydrogen (secondary N) is 1. The van der Waals surface area contributed by atoms with Gasteiger partial charge in [-0.25, -0.2) is 13.2 Å². The van der Waals surface area contributed by atoms with Gasteiger partial charge in [0.05, 0.1) is 18.9 Å². The molecular weight excluding hydrogens is 504 g/mol. The van der Waals surface area contributed by atoms with E-state index in [-0.39, 0.29) is 43.4 Å². The van der Waals surface area contributed by atoms with E-state index in [1.807, 2.05) is 18.2 Å². The second kappa shape index (κ2) is 15.4. The maximum atomic E-state index is 13.6. The van der Waals surface area contributed by atoms with Gasteiger partial charge in [-0.3, -0.25) is 4.79 Å². The molecule has 1 N–H and O–H groups in total. The van der Waals surface area contributed by atoms with Gasteiger partial charge in [0, 0.05) is 50.9 Å². The smallest absolute Gasteiger partial charge is 0.317 e. The zero-order valence-corrected chi connectivity index (χ0v) is 23.3. The number of amides is 3. The Hall–Kier alpha value is -1.88. The summed E-state index contributed by atoms with van der Waals surface area (Å²) in [5, 5.41) is 3.52. The Morgan fingerprint density at radius 1 is 1.19 bits per heavy atom. The minimum Gasteiger partial charge on any atom is -0.383 e. The standard InChI is InChI=1S/C25H41ClN4O5S/c1-4-6-12-27-25(32)28-13-10-23(11-14-28)30(19-21-8-7-9-22(26)18-21)24(31)20-29(15-16-35-3)36(33,34)17-5-2/h7-9,18,23H,4-6,10-17,19-20H2,1-3H3,(H,27,32). The van der Waals surface area contributed by atoms with Crippen LogP contribution in [0.15, 0.2) is 24.3 Å². The number of carbonyl (C=O) groups is 2. The molecule has 2 rings (SSSR count). The molecule has 0 spiro atoms. The third kappa shape index (κ3) is 9.53. The zero-order chi connectivity index (χ0) is 26.6. The summed E-state index contributed by atoms with van der Waals surface area (Å²) in [4.78, 5) is 29.6. The molecule has 0 radical (unpaired) electrons. The van der Waals surface area contributed by atoms with Crippen LogP contribution in [-0.4, -0.2) is 92.7 Å². The lowest BCUT2D eigenvalue weighted by atomic mass is 10.0. The van der Waals surface area contributed by atoms with E-state index in [9.17, 15) is 18.0 Å². The fourth-order valence-corrected chi connectivity index (χ4v) is 5.90. The second-order valence-corrected chi connectivity index (χ2v) is 11.6. The first-order valence-corrected chi connectivity index (χ1v) is 14.7. The maximum absolute atomic E-state index is 13.6. The summed E-state index contributed by atoms with van der Waals surface area (Å²) in [6.45, 7) is 5.98. The average Bonchev–Trinajstić information content (AvgIpc) is 2.85. The average molecular weight is 545 g/mol. The number of urea groups is 1. The fourth-order valence-electron chi connectivity index (χ4n) is 4.26. The largest absolute Gasteiger partial charge is 0.383 e. The van der Waals surface area contributed by atoms with Crippen molar-refractivity contribution in [2.24, 2.45) is 0 Å². The highest BCUT2D eigenvalue weighted by Crippen LogP contribution is 2.22. The normalized spacial score (nSPS) is 14.8. The van der Waals surface area contributed by atoms with Crippen LogP contribution in [-0.2, 0) is 26.1 Å². The van der Waals surface area contributed by atoms with Gasteiger partial charge in [0.1, 0.15) is 0 Å². The number of likely N-dealkylation sites (tertiary alicyclic amines) is 1. The van der Waals surface area contributed by atoms with Crippen molar-refractivity contribution in [3.63, 3.8) is 0 Å². The van der Waals surface area contributed by atoms with E-state index in [0.717, 1.165) is 18.4 Å². The molecule has 0 bridgehead atoms. The number of unbranched alkanes of at least 4 members (excludes halogenated alkanes) is 1. The van der Waals surface area contributed by atoms with Crippen LogP contribution in [0, 0.1) is 0 Å². The number of sulfonamides is 1. The van der Waals surface area contributed by atoms with E-state index >= 15 is 0 Å². The molecule has 0 saturated carbocycles. The van der Waals surface area contributed by atoms with Crippen LogP contribution in [0.5, 0.6) is 0 Å². The van der Waals surface area contributed by atoms with E-state index in [4.69, 9.17) is 16.3 Å². The van der Waals surface area contributed by atoms with Crippen molar-refractivity contribution < 1.29 is 22.7 Å². The van der Waals surface area contributed by atoms with Gasteiger partial charge >= 0.3 is 6.03 Å². The molecule has 1 saturated heterocycles. The number of ether oxygens (including phenoxy) is 1. The van der Waals surface area contributed by atoms with Gasteiger partial charge in [-0.2, -0.15) is 4.31 Å². The summed E-state index contributed by atoms with van der Waals surface area (Å²) >= 11 is 6.18. The van der Waals surface area contributed by atoms with Crippen LogP contribution in [0.1, 0.15) is 51.5 Å². The Kier molecular flexibility index (Phi) is 13.0. The number of hydrogen-bond acceptors (Lipinski definition) is 5. The monoisotopic (exact) mass is 544 g/mol. The number of hydrogen-bond donors (Lipinski definition) is 1. The first-order valence-electron chi connectivity index (χ1n) is 12.7. The van der Waals surface area contributed by atoms with Crippen LogP contribution < -0.4 is 5.32 Å². The van der Waals surface area contributed by atoms with Crippen LogP contribution in [0.3, 0.4) is 0 Å². The molecular formula is C25H41ClN4O5S. The van der Waals surface area contributed by atoms with E-state index in [0.29, 0.717) is 50.5 Å². The van der Waals surface area contributed by atoms with Gasteiger partial charge in [0.15, 0.2) is 0 Å². The van der Waals surface area contributed by atoms with Crippen molar-refractivity contribution in [2.75, 3.05) is 52.2 Å². The van der Waals surface area contributed by atoms with Crippen molar-refractivity contribution in [3.05, 3.63) is 34.9 Å². The minimum atomic E-state index is -3.59. The predicted molar refractivity (Wildman–Crippen MR) is 142 cm³/mol. The molecule has 1 aliphatic heterocycles. The van der Waals surface area contributed by atoms with E-state index in [1.165, 1.54) is 11.4 Å². The first-order chi connectivity index (χ1) is 17.2. The summed E-state index contributed by atoms with van der Waals surface area (Å²) in [5.41, 5.74) is 0.871. The van der Waals surface area contributed by atoms with Crippen LogP contribution in [0.2, 0.25) is 5.02 Å². The zero-order valence-electron chi connectivity index (χ0n) is 21.7. The Labute approximate surface area is 221 Å². The Morgan fingerprint density at radius 3 is 2.53 bits per heavy atom. The van der Waals surface area contributed by atoms with E-state index in [1.54, 1.807) is 22.8 Å². The molecule has 36 heavy (non-hydrogen) atoms. The molecule has 0 unspecified atom stereocenters. The Morgan fingerprint density at radius 2 is 1.92 bits per heavy atom. The number of benzene rings is 1. The van der Waals surface area contributed by atoms with Gasteiger partial charge in [-0.1, -0.05) is 44.0 Å². The molecule has 0 aromatic heterocycles. The number of methoxy groups -OCH3 is 1. The molecule has 1 fully saturated rings. The fraction of sp³-hybridized carbons (Fsp3) is 0.680. The van der Waals surface area contributed by atoms with Crippen LogP contribution >= 0.6 is 11.6 Å². The third-order valence-corrected chi connectivity index (χ3v) is 8.53. The van der Waals surface area contributed by atoms with Gasteiger partial charge < -0.3 is 19.9 Å². The molecule has 1 aliphatic rings. The summed E-state index contributed by atoms with van der Waals surface area (Å²) < 4.78 is 32.0. The molecule has 1 aromatic carbocycles. The second-order valence-electron chi connectivity index (χ2n) is 9.10. The van der Waals surface area contributed by atoms with Gasteiger partial charge in [-0.05, 0) is 43.4 Å². The maximum Gasteiger partial charge on any atom is 0.317 e. The molecule has 0 aliphatic carbocycles. The molecule has 1 aromatic rings. The Bertz CT molecular complexity index is 938. The van der Waals surface area contributed by atoms with Crippen molar-refractivity contribution >= 4 is 33.6 Å². The summed E-state index contributed by atoms with van der Waals surface area (Å²) in [7, 11) is -2.09. The summed E-state index contributed by atoms with van der Waals surface area (Å²) in [6.07, 6.45) is 3.65. The van der Waals surface area contributed by atoms with E-state index < -0.39 is 10.0 Å². The number of carbonyl (C=O) groups excluding carboxylic acids is 2. The lowest BCUT2D eigenvalue weighted by Crippen LogP contribution is -2.53. The number of piperidine rings is 1. The molecule has 1 heterocycles. The number of rotatable bonds is 14. The third-order valence-electron chi connectivity index (χ3n) is 6.27. The highest BCUT2D eigenvalue weighted by molar-refractivity contribution is 7.89. The lowest BCUT2D eigenvalue weighted by molar-refractivity contribution is -0.135. The highest BCUT2D eigenvalue weighted by atomic mass is 35.5. The number of halogens is 1. The quantitative estimate of drug-likeness (QED) is 0.362. The minimum absolute atomic E-state index is 0.0240. The van der Waals surface area contributed by atoms with E-state index in [2.05, 4.69) is 12.2 Å². The predicted octanol–water partition coefficient (Wildman–Crippen LogP) is 3.33. The van der Waals surface area contributed by atoms with Crippen molar-refractivity contribution in [3.8, 4) is 0 Å². The van der Waals surface area contributed by atoms with Gasteiger partial charge in [-0.15, -0.1) is 0 Å². The molecule has 9 nitrogen and oxygen atoms in total. The Balaban J connectivity index is 2.17. The SMILES string of the molecule is CCCCNC(=O)N1CCC(N(Cc2cccc(Cl)c2)C(=O)CN(CCOC)S(=O)(=O)CCC)CC1. The van der Waals surface area contributed by atoms with Gasteiger partial charge in [0.2, 0.25) is 15.9 Å². The lowest BCUT2D eigenvalue weighted by Gasteiger charge is -2.39. The molecule has 204 valence electrons. The molecule has 0 atom stereocenters. The summed E-state index contributed by atoms with van der Waals surface area (Å²) in [5.74, 6) is -0.291. The summed E-state index contributed by atoms with van der Waals surface area (Å²) in [6, 6.07) is 7.13. The first kappa shape index (κ1) is 30.3. The van der Waals surface area contributed by atoms with Crippen molar-refractivity contribution in [2.45, 2.75) is 58.5 Å². The molecule has 11 heteroatoms. The van der Waals surface area contributed by atoms with Crippen LogP contribution in [0.4, 0.5) is 4.79 Å².